The second kappa shape index (κ2) is 5.79. The fourth-order valence-electron chi connectivity index (χ4n) is 3.72. The van der Waals surface area contributed by atoms with E-state index in [2.05, 4.69) is 26.4 Å². The Kier molecular flexibility index (Phi) is 3.55. The molecule has 0 bridgehead atoms. The standard InChI is InChI=1S/C18H17N3O2S2/c22-17(15-2-1-6-25-15)20-5-4-18(11-20)12-21-14(13-3-7-24-10-13)8-19-16(21)9-23-18/h1-3,6-8,10H,4-5,9,11-12H2/t18-/m0/s1. The van der Waals surface area contributed by atoms with Crippen LogP contribution in [0.25, 0.3) is 11.3 Å². The topological polar surface area (TPSA) is 47.4 Å². The van der Waals surface area contributed by atoms with Gasteiger partial charge in [0, 0.05) is 17.5 Å². The number of nitrogens with zero attached hydrogens (tertiary/aromatic N) is 3. The van der Waals surface area contributed by atoms with Gasteiger partial charge in [0.05, 0.1) is 29.9 Å². The molecule has 1 atom stereocenters. The minimum absolute atomic E-state index is 0.116. The molecule has 0 radical (unpaired) electrons. The third-order valence-electron chi connectivity index (χ3n) is 5.04. The second-order valence-corrected chi connectivity index (χ2v) is 8.31. The molecule has 5 rings (SSSR count). The molecule has 2 aliphatic rings. The maximum atomic E-state index is 12.6. The number of carbonyl (C=O) groups is 1. The van der Waals surface area contributed by atoms with Crippen molar-refractivity contribution in [3.05, 3.63) is 51.2 Å². The first-order chi connectivity index (χ1) is 12.2. The number of carbonyl (C=O) groups excluding carboxylic acids is 1. The van der Waals surface area contributed by atoms with E-state index in [0.29, 0.717) is 13.2 Å². The van der Waals surface area contributed by atoms with Gasteiger partial charge in [-0.3, -0.25) is 4.79 Å². The van der Waals surface area contributed by atoms with Crippen LogP contribution in [0.15, 0.2) is 40.5 Å². The smallest absolute Gasteiger partial charge is 0.264 e. The molecule has 1 fully saturated rings. The van der Waals surface area contributed by atoms with Crippen LogP contribution >= 0.6 is 22.7 Å². The molecule has 5 heterocycles. The predicted molar refractivity (Wildman–Crippen MR) is 97.9 cm³/mol. The number of hydrogen-bond acceptors (Lipinski definition) is 5. The molecule has 0 aromatic carbocycles. The van der Waals surface area contributed by atoms with E-state index in [4.69, 9.17) is 4.74 Å². The van der Waals surface area contributed by atoms with Gasteiger partial charge in [-0.25, -0.2) is 4.98 Å². The molecule has 0 N–H and O–H groups in total. The lowest BCUT2D eigenvalue weighted by Crippen LogP contribution is -2.45. The number of hydrogen-bond donors (Lipinski definition) is 0. The lowest BCUT2D eigenvalue weighted by Gasteiger charge is -2.35. The summed E-state index contributed by atoms with van der Waals surface area (Å²) in [7, 11) is 0. The molecular weight excluding hydrogens is 354 g/mol. The Bertz CT molecular complexity index is 901. The van der Waals surface area contributed by atoms with Gasteiger partial charge in [-0.2, -0.15) is 11.3 Å². The van der Waals surface area contributed by atoms with Gasteiger partial charge in [0.25, 0.3) is 5.91 Å². The first-order valence-corrected chi connectivity index (χ1v) is 10.1. The molecule has 128 valence electrons. The van der Waals surface area contributed by atoms with Crippen LogP contribution in [0.2, 0.25) is 0 Å². The molecule has 25 heavy (non-hydrogen) atoms. The summed E-state index contributed by atoms with van der Waals surface area (Å²) in [4.78, 5) is 19.9. The van der Waals surface area contributed by atoms with Crippen molar-refractivity contribution in [2.75, 3.05) is 13.1 Å². The van der Waals surface area contributed by atoms with Crippen molar-refractivity contribution < 1.29 is 9.53 Å². The summed E-state index contributed by atoms with van der Waals surface area (Å²) in [5.41, 5.74) is 2.04. The van der Waals surface area contributed by atoms with E-state index in [9.17, 15) is 4.79 Å². The Morgan fingerprint density at radius 1 is 1.28 bits per heavy atom. The summed E-state index contributed by atoms with van der Waals surface area (Å²) in [6, 6.07) is 5.94. The van der Waals surface area contributed by atoms with E-state index in [0.717, 1.165) is 35.9 Å². The van der Waals surface area contributed by atoms with Gasteiger partial charge in [0.2, 0.25) is 0 Å². The molecule has 5 nitrogen and oxygen atoms in total. The van der Waals surface area contributed by atoms with E-state index >= 15 is 0 Å². The number of aromatic nitrogens is 2. The largest absolute Gasteiger partial charge is 0.363 e. The van der Waals surface area contributed by atoms with Crippen LogP contribution < -0.4 is 0 Å². The summed E-state index contributed by atoms with van der Waals surface area (Å²) in [5, 5.41) is 6.18. The van der Waals surface area contributed by atoms with Crippen LogP contribution in [0, 0.1) is 0 Å². The molecule has 0 saturated carbocycles. The van der Waals surface area contributed by atoms with E-state index in [1.807, 2.05) is 28.6 Å². The zero-order valence-corrected chi connectivity index (χ0v) is 15.2. The highest BCUT2D eigenvalue weighted by atomic mass is 32.1. The second-order valence-electron chi connectivity index (χ2n) is 6.58. The van der Waals surface area contributed by atoms with Crippen molar-refractivity contribution in [2.24, 2.45) is 0 Å². The highest BCUT2D eigenvalue weighted by Gasteiger charge is 2.44. The van der Waals surface area contributed by atoms with Crippen molar-refractivity contribution in [1.29, 1.82) is 0 Å². The van der Waals surface area contributed by atoms with E-state index < -0.39 is 0 Å². The Balaban J connectivity index is 1.40. The first-order valence-electron chi connectivity index (χ1n) is 8.28. The van der Waals surface area contributed by atoms with Crippen LogP contribution in [-0.4, -0.2) is 39.0 Å². The third kappa shape index (κ3) is 2.54. The number of ether oxygens (including phenoxy) is 1. The van der Waals surface area contributed by atoms with Gasteiger partial charge >= 0.3 is 0 Å². The average Bonchev–Trinajstić information content (AvgIpc) is 3.41. The highest BCUT2D eigenvalue weighted by molar-refractivity contribution is 7.12. The summed E-state index contributed by atoms with van der Waals surface area (Å²) >= 11 is 3.19. The minimum Gasteiger partial charge on any atom is -0.363 e. The van der Waals surface area contributed by atoms with Gasteiger partial charge in [-0.15, -0.1) is 11.3 Å². The van der Waals surface area contributed by atoms with Crippen LogP contribution in [0.3, 0.4) is 0 Å². The Morgan fingerprint density at radius 2 is 2.24 bits per heavy atom. The van der Waals surface area contributed by atoms with Crippen LogP contribution in [-0.2, 0) is 17.9 Å². The Labute approximate surface area is 153 Å². The number of amides is 1. The van der Waals surface area contributed by atoms with Gasteiger partial charge in [0.15, 0.2) is 0 Å². The van der Waals surface area contributed by atoms with Crippen molar-refractivity contribution in [3.63, 3.8) is 0 Å². The summed E-state index contributed by atoms with van der Waals surface area (Å²) < 4.78 is 8.48. The van der Waals surface area contributed by atoms with E-state index in [1.165, 1.54) is 16.9 Å². The molecule has 1 saturated heterocycles. The molecule has 2 aliphatic heterocycles. The molecular formula is C18H17N3O2S2. The number of fused-ring (bicyclic) bond motifs is 1. The van der Waals surface area contributed by atoms with Gasteiger partial charge < -0.3 is 14.2 Å². The SMILES string of the molecule is O=C(c1cccs1)N1CC[C@]2(C1)Cn1c(-c3ccsc3)cnc1CO2. The fourth-order valence-corrected chi connectivity index (χ4v) is 5.06. The van der Waals surface area contributed by atoms with Crippen molar-refractivity contribution in [2.45, 2.75) is 25.2 Å². The maximum Gasteiger partial charge on any atom is 0.264 e. The first kappa shape index (κ1) is 15.3. The zero-order valence-electron chi connectivity index (χ0n) is 13.6. The van der Waals surface area contributed by atoms with E-state index in [1.54, 1.807) is 11.3 Å². The molecule has 0 unspecified atom stereocenters. The molecule has 3 aromatic rings. The zero-order chi connectivity index (χ0) is 16.9. The van der Waals surface area contributed by atoms with Crippen molar-refractivity contribution >= 4 is 28.6 Å². The molecule has 3 aromatic heterocycles. The predicted octanol–water partition coefficient (Wildman–Crippen LogP) is 3.49. The van der Waals surface area contributed by atoms with Crippen LogP contribution in [0.4, 0.5) is 0 Å². The summed E-state index contributed by atoms with van der Waals surface area (Å²) in [6.07, 6.45) is 2.80. The fraction of sp³-hybridized carbons (Fsp3) is 0.333. The number of rotatable bonds is 2. The average molecular weight is 371 g/mol. The minimum atomic E-state index is -0.300. The van der Waals surface area contributed by atoms with Gasteiger partial charge in [-0.1, -0.05) is 6.07 Å². The Morgan fingerprint density at radius 3 is 3.04 bits per heavy atom. The highest BCUT2D eigenvalue weighted by Crippen LogP contribution is 2.36. The number of imidazole rings is 1. The lowest BCUT2D eigenvalue weighted by atomic mass is 10.0. The molecule has 7 heteroatoms. The summed E-state index contributed by atoms with van der Waals surface area (Å²) in [6.45, 7) is 2.64. The van der Waals surface area contributed by atoms with Gasteiger partial charge in [-0.05, 0) is 29.3 Å². The summed E-state index contributed by atoms with van der Waals surface area (Å²) in [5.74, 6) is 1.08. The van der Waals surface area contributed by atoms with E-state index in [-0.39, 0.29) is 11.5 Å². The quantitative estimate of drug-likeness (QED) is 0.693. The van der Waals surface area contributed by atoms with Crippen LogP contribution in [0.5, 0.6) is 0 Å². The number of likely N-dealkylation sites (tertiary alicyclic amines) is 1. The molecule has 1 spiro atoms. The normalized spacial score (nSPS) is 22.5. The third-order valence-corrected chi connectivity index (χ3v) is 6.59. The van der Waals surface area contributed by atoms with Crippen LogP contribution in [0.1, 0.15) is 21.9 Å². The molecule has 0 aliphatic carbocycles. The van der Waals surface area contributed by atoms with Gasteiger partial charge in [0.1, 0.15) is 18.0 Å². The molecule has 1 amide bonds. The van der Waals surface area contributed by atoms with Crippen molar-refractivity contribution in [1.82, 2.24) is 14.5 Å². The Hall–Kier alpha value is -1.96. The lowest BCUT2D eigenvalue weighted by molar-refractivity contribution is -0.0804. The maximum absolute atomic E-state index is 12.6. The number of thiophene rings is 2. The monoisotopic (exact) mass is 371 g/mol. The van der Waals surface area contributed by atoms with Crippen molar-refractivity contribution in [3.8, 4) is 11.3 Å².